The Balaban J connectivity index is 2.49. The van der Waals surface area contributed by atoms with Crippen LogP contribution in [0.2, 0.25) is 0 Å². The second kappa shape index (κ2) is 4.41. The zero-order chi connectivity index (χ0) is 12.4. The van der Waals surface area contributed by atoms with Gasteiger partial charge in [0.1, 0.15) is 0 Å². The van der Waals surface area contributed by atoms with Gasteiger partial charge in [-0.3, -0.25) is 0 Å². The van der Waals surface area contributed by atoms with E-state index in [2.05, 4.69) is 5.10 Å². The van der Waals surface area contributed by atoms with Crippen LogP contribution in [-0.4, -0.2) is 26.9 Å². The van der Waals surface area contributed by atoms with Crippen LogP contribution >= 0.6 is 0 Å². The molecule has 0 amide bonds. The first kappa shape index (κ1) is 11.4. The van der Waals surface area contributed by atoms with Crippen LogP contribution in [0.25, 0.3) is 5.69 Å². The van der Waals surface area contributed by atoms with Gasteiger partial charge in [0.2, 0.25) is 0 Å². The third kappa shape index (κ3) is 2.20. The maximum atomic E-state index is 9.08. The maximum absolute atomic E-state index is 9.08. The Bertz CT molecular complexity index is 587. The number of rotatable bonds is 2. The lowest BCUT2D eigenvalue weighted by atomic mass is 9.77. The molecule has 2 N–H and O–H groups in total. The molecule has 0 aliphatic carbocycles. The van der Waals surface area contributed by atoms with Gasteiger partial charge in [-0.1, -0.05) is 6.07 Å². The van der Waals surface area contributed by atoms with E-state index in [9.17, 15) is 0 Å². The minimum atomic E-state index is -1.64. The summed E-state index contributed by atoms with van der Waals surface area (Å²) < 4.78 is 1.63. The van der Waals surface area contributed by atoms with E-state index in [-0.39, 0.29) is 11.0 Å². The van der Waals surface area contributed by atoms with E-state index in [1.807, 2.05) is 19.2 Å². The summed E-state index contributed by atoms with van der Waals surface area (Å²) in [6.07, 6.45) is 3.53. The van der Waals surface area contributed by atoms with E-state index in [0.717, 1.165) is 5.56 Å². The molecule has 0 radical (unpaired) electrons. The Morgan fingerprint density at radius 2 is 2.18 bits per heavy atom. The van der Waals surface area contributed by atoms with Crippen molar-refractivity contribution >= 4 is 12.6 Å². The van der Waals surface area contributed by atoms with Crippen molar-refractivity contribution in [2.24, 2.45) is 0 Å². The molecule has 2 aromatic rings. The average Bonchev–Trinajstić information content (AvgIpc) is 2.75. The molecule has 0 aliphatic rings. The lowest BCUT2D eigenvalue weighted by Gasteiger charge is -2.06. The van der Waals surface area contributed by atoms with Crippen molar-refractivity contribution in [2.75, 3.05) is 0 Å². The van der Waals surface area contributed by atoms with Gasteiger partial charge in [0.25, 0.3) is 0 Å². The zero-order valence-electron chi connectivity index (χ0n) is 9.20. The summed E-state index contributed by atoms with van der Waals surface area (Å²) in [5.74, 6) is 0. The van der Waals surface area contributed by atoms with Crippen molar-refractivity contribution in [3.63, 3.8) is 0 Å². The molecule has 1 heterocycles. The van der Waals surface area contributed by atoms with E-state index in [1.165, 1.54) is 6.07 Å². The molecule has 2 rings (SSSR count). The molecule has 0 spiro atoms. The second-order valence-corrected chi connectivity index (χ2v) is 3.72. The topological polar surface area (TPSA) is 82.1 Å². The van der Waals surface area contributed by atoms with Gasteiger partial charge in [-0.15, -0.1) is 0 Å². The number of aromatic nitrogens is 2. The largest absolute Gasteiger partial charge is 0.489 e. The molecule has 0 bridgehead atoms. The Labute approximate surface area is 98.7 Å². The number of nitrogens with zero attached hydrogens (tertiary/aromatic N) is 3. The van der Waals surface area contributed by atoms with Gasteiger partial charge in [-0.25, -0.2) is 4.68 Å². The number of nitriles is 1. The zero-order valence-corrected chi connectivity index (χ0v) is 9.20. The molecule has 0 saturated carbocycles. The third-order valence-corrected chi connectivity index (χ3v) is 2.41. The van der Waals surface area contributed by atoms with Crippen LogP contribution in [0.4, 0.5) is 0 Å². The normalized spacial score (nSPS) is 10.0. The molecular weight excluding hydrogens is 217 g/mol. The maximum Gasteiger partial charge on any atom is 0.489 e. The molecule has 1 aromatic heterocycles. The summed E-state index contributed by atoms with van der Waals surface area (Å²) in [4.78, 5) is 0. The highest BCUT2D eigenvalue weighted by Crippen LogP contribution is 2.09. The van der Waals surface area contributed by atoms with Gasteiger partial charge >= 0.3 is 7.12 Å². The van der Waals surface area contributed by atoms with Crippen molar-refractivity contribution in [3.05, 3.63) is 41.7 Å². The second-order valence-electron chi connectivity index (χ2n) is 3.72. The van der Waals surface area contributed by atoms with Gasteiger partial charge in [0.15, 0.2) is 0 Å². The fourth-order valence-electron chi connectivity index (χ4n) is 1.56. The number of hydrogen-bond acceptors (Lipinski definition) is 4. The van der Waals surface area contributed by atoms with Crippen LogP contribution in [0, 0.1) is 18.3 Å². The van der Waals surface area contributed by atoms with E-state index < -0.39 is 7.12 Å². The smallest absolute Gasteiger partial charge is 0.423 e. The lowest BCUT2D eigenvalue weighted by molar-refractivity contribution is 0.425. The van der Waals surface area contributed by atoms with Crippen molar-refractivity contribution < 1.29 is 10.0 Å². The van der Waals surface area contributed by atoms with Crippen molar-refractivity contribution in [3.8, 4) is 11.8 Å². The van der Waals surface area contributed by atoms with Crippen LogP contribution in [-0.2, 0) is 0 Å². The van der Waals surface area contributed by atoms with E-state index in [0.29, 0.717) is 5.69 Å². The minimum absolute atomic E-state index is 0.195. The molecule has 0 unspecified atom stereocenters. The SMILES string of the molecule is Cc1cnn(-c2ccc(B(O)O)c(C#N)c2)c1. The van der Waals surface area contributed by atoms with Gasteiger partial charge < -0.3 is 10.0 Å². The van der Waals surface area contributed by atoms with Crippen molar-refractivity contribution in [2.45, 2.75) is 6.92 Å². The van der Waals surface area contributed by atoms with Crippen molar-refractivity contribution in [1.29, 1.82) is 5.26 Å². The summed E-state index contributed by atoms with van der Waals surface area (Å²) in [6, 6.07) is 6.70. The molecule has 1 aromatic carbocycles. The molecule has 6 heteroatoms. The molecule has 0 fully saturated rings. The Morgan fingerprint density at radius 3 is 2.71 bits per heavy atom. The van der Waals surface area contributed by atoms with Gasteiger partial charge in [-0.2, -0.15) is 10.4 Å². The van der Waals surface area contributed by atoms with E-state index >= 15 is 0 Å². The van der Waals surface area contributed by atoms with E-state index in [1.54, 1.807) is 23.0 Å². The van der Waals surface area contributed by atoms with Crippen LogP contribution in [0.15, 0.2) is 30.6 Å². The first-order chi connectivity index (χ1) is 8.11. The van der Waals surface area contributed by atoms with Gasteiger partial charge in [0.05, 0.1) is 23.5 Å². The highest BCUT2D eigenvalue weighted by atomic mass is 16.4. The fraction of sp³-hybridized carbons (Fsp3) is 0.0909. The summed E-state index contributed by atoms with van der Waals surface area (Å²) in [7, 11) is -1.64. The van der Waals surface area contributed by atoms with Crippen LogP contribution < -0.4 is 5.46 Å². The quantitative estimate of drug-likeness (QED) is 0.692. The molecule has 84 valence electrons. The predicted molar refractivity (Wildman–Crippen MR) is 62.8 cm³/mol. The lowest BCUT2D eigenvalue weighted by Crippen LogP contribution is -2.32. The van der Waals surface area contributed by atoms with E-state index in [4.69, 9.17) is 15.3 Å². The summed E-state index contributed by atoms with van der Waals surface area (Å²) in [5, 5.41) is 31.2. The number of benzene rings is 1. The fourth-order valence-corrected chi connectivity index (χ4v) is 1.56. The first-order valence-corrected chi connectivity index (χ1v) is 5.03. The predicted octanol–water partition coefficient (Wildman–Crippen LogP) is -0.268. The Hall–Kier alpha value is -2.10. The summed E-state index contributed by atoms with van der Waals surface area (Å²) in [5.41, 5.74) is 2.14. The van der Waals surface area contributed by atoms with Crippen LogP contribution in [0.5, 0.6) is 0 Å². The molecule has 0 saturated heterocycles. The molecular formula is C11H10BN3O2. The van der Waals surface area contributed by atoms with Gasteiger partial charge in [0, 0.05) is 6.20 Å². The third-order valence-electron chi connectivity index (χ3n) is 2.41. The molecule has 5 nitrogen and oxygen atoms in total. The van der Waals surface area contributed by atoms with Gasteiger partial charge in [-0.05, 0) is 30.1 Å². The Kier molecular flexibility index (Phi) is 2.96. The van der Waals surface area contributed by atoms with Crippen LogP contribution in [0.3, 0.4) is 0 Å². The summed E-state index contributed by atoms with van der Waals surface area (Å²) in [6.45, 7) is 1.92. The summed E-state index contributed by atoms with van der Waals surface area (Å²) >= 11 is 0. The number of hydrogen-bond donors (Lipinski definition) is 2. The Morgan fingerprint density at radius 1 is 1.41 bits per heavy atom. The molecule has 0 atom stereocenters. The monoisotopic (exact) mass is 227 g/mol. The standard InChI is InChI=1S/C11H10BN3O2/c1-8-6-14-15(7-8)10-2-3-11(12(16)17)9(4-10)5-13/h2-4,6-7,16-17H,1H3. The average molecular weight is 227 g/mol. The van der Waals surface area contributed by atoms with Crippen molar-refractivity contribution in [1.82, 2.24) is 9.78 Å². The highest BCUT2D eigenvalue weighted by Gasteiger charge is 2.16. The van der Waals surface area contributed by atoms with Crippen LogP contribution in [0.1, 0.15) is 11.1 Å². The molecule has 0 aliphatic heterocycles. The molecule has 17 heavy (non-hydrogen) atoms. The number of aryl methyl sites for hydroxylation is 1. The first-order valence-electron chi connectivity index (χ1n) is 5.03. The highest BCUT2D eigenvalue weighted by molar-refractivity contribution is 6.59. The minimum Gasteiger partial charge on any atom is -0.423 e.